The van der Waals surface area contributed by atoms with Crippen LogP contribution in [0.2, 0.25) is 0 Å². The van der Waals surface area contributed by atoms with Gasteiger partial charge in [-0.15, -0.1) is 0 Å². The molecule has 90 valence electrons. The quantitative estimate of drug-likeness (QED) is 0.603. The van der Waals surface area contributed by atoms with E-state index in [1.165, 1.54) is 0 Å². The number of carbonyl (C=O) groups is 1. The van der Waals surface area contributed by atoms with Crippen LogP contribution in [0.1, 0.15) is 27.7 Å². The SMILES string of the molecule is CC(C)COCCNCC(C)(C)C(=O)O. The summed E-state index contributed by atoms with van der Waals surface area (Å²) in [7, 11) is 0. The monoisotopic (exact) mass is 217 g/mol. The molecular weight excluding hydrogens is 194 g/mol. The lowest BCUT2D eigenvalue weighted by Gasteiger charge is -2.19. The molecule has 0 saturated carbocycles. The summed E-state index contributed by atoms with van der Waals surface area (Å²) in [5.41, 5.74) is -0.710. The Morgan fingerprint density at radius 3 is 2.53 bits per heavy atom. The third-order valence-electron chi connectivity index (χ3n) is 2.02. The number of carboxylic acid groups (broad SMARTS) is 1. The summed E-state index contributed by atoms with van der Waals surface area (Å²) in [5, 5.41) is 11.9. The Labute approximate surface area is 92.0 Å². The van der Waals surface area contributed by atoms with Crippen LogP contribution in [0.3, 0.4) is 0 Å². The molecule has 0 bridgehead atoms. The molecule has 0 fully saturated rings. The van der Waals surface area contributed by atoms with Gasteiger partial charge in [0.1, 0.15) is 0 Å². The second-order valence-corrected chi connectivity index (χ2v) is 4.83. The summed E-state index contributed by atoms with van der Waals surface area (Å²) in [4.78, 5) is 10.8. The van der Waals surface area contributed by atoms with Crippen LogP contribution in [-0.4, -0.2) is 37.4 Å². The summed E-state index contributed by atoms with van der Waals surface area (Å²) < 4.78 is 5.36. The van der Waals surface area contributed by atoms with E-state index in [1.54, 1.807) is 13.8 Å². The number of ether oxygens (including phenoxy) is 1. The van der Waals surface area contributed by atoms with Crippen molar-refractivity contribution >= 4 is 5.97 Å². The molecule has 15 heavy (non-hydrogen) atoms. The maximum Gasteiger partial charge on any atom is 0.310 e. The average molecular weight is 217 g/mol. The van der Waals surface area contributed by atoms with Crippen LogP contribution in [0.5, 0.6) is 0 Å². The Kier molecular flexibility index (Phi) is 6.52. The van der Waals surface area contributed by atoms with Crippen LogP contribution in [-0.2, 0) is 9.53 Å². The van der Waals surface area contributed by atoms with Crippen LogP contribution < -0.4 is 5.32 Å². The molecule has 0 atom stereocenters. The second-order valence-electron chi connectivity index (χ2n) is 4.83. The lowest BCUT2D eigenvalue weighted by molar-refractivity contribution is -0.146. The molecular formula is C11H23NO3. The Hall–Kier alpha value is -0.610. The highest BCUT2D eigenvalue weighted by Crippen LogP contribution is 2.12. The predicted octanol–water partition coefficient (Wildman–Crippen LogP) is 1.36. The van der Waals surface area contributed by atoms with Crippen LogP contribution in [0, 0.1) is 11.3 Å². The van der Waals surface area contributed by atoms with Crippen molar-refractivity contribution in [2.24, 2.45) is 11.3 Å². The summed E-state index contributed by atoms with van der Waals surface area (Å²) in [5.74, 6) is -0.237. The van der Waals surface area contributed by atoms with Gasteiger partial charge in [0.25, 0.3) is 0 Å². The van der Waals surface area contributed by atoms with Crippen molar-refractivity contribution in [1.82, 2.24) is 5.32 Å². The fourth-order valence-corrected chi connectivity index (χ4v) is 0.940. The zero-order valence-electron chi connectivity index (χ0n) is 10.2. The van der Waals surface area contributed by atoms with Crippen LogP contribution in [0.15, 0.2) is 0 Å². The molecule has 0 saturated heterocycles. The molecule has 0 amide bonds. The Morgan fingerprint density at radius 1 is 1.47 bits per heavy atom. The second kappa shape index (κ2) is 6.80. The minimum atomic E-state index is -0.780. The molecule has 0 radical (unpaired) electrons. The van der Waals surface area contributed by atoms with Gasteiger partial charge in [-0.05, 0) is 19.8 Å². The van der Waals surface area contributed by atoms with Crippen molar-refractivity contribution in [2.75, 3.05) is 26.3 Å². The van der Waals surface area contributed by atoms with E-state index in [0.717, 1.165) is 6.61 Å². The number of aliphatic carboxylic acids is 1. The summed E-state index contributed by atoms with van der Waals surface area (Å²) >= 11 is 0. The first-order valence-corrected chi connectivity index (χ1v) is 5.38. The van der Waals surface area contributed by atoms with E-state index in [9.17, 15) is 4.79 Å². The van der Waals surface area contributed by atoms with E-state index < -0.39 is 11.4 Å². The zero-order valence-corrected chi connectivity index (χ0v) is 10.2. The normalized spacial score (nSPS) is 12.1. The van der Waals surface area contributed by atoms with E-state index in [-0.39, 0.29) is 0 Å². The zero-order chi connectivity index (χ0) is 11.9. The Bertz CT molecular complexity index is 190. The van der Waals surface area contributed by atoms with Crippen molar-refractivity contribution in [3.05, 3.63) is 0 Å². The highest BCUT2D eigenvalue weighted by atomic mass is 16.5. The molecule has 0 aromatic carbocycles. The number of nitrogens with one attached hydrogen (secondary N) is 1. The minimum absolute atomic E-state index is 0.466. The molecule has 0 unspecified atom stereocenters. The molecule has 0 aliphatic heterocycles. The largest absolute Gasteiger partial charge is 0.481 e. The van der Waals surface area contributed by atoms with Gasteiger partial charge >= 0.3 is 5.97 Å². The first-order valence-electron chi connectivity index (χ1n) is 5.38. The smallest absolute Gasteiger partial charge is 0.310 e. The van der Waals surface area contributed by atoms with Crippen molar-refractivity contribution < 1.29 is 14.6 Å². The third-order valence-corrected chi connectivity index (χ3v) is 2.02. The van der Waals surface area contributed by atoms with Gasteiger partial charge in [-0.3, -0.25) is 4.79 Å². The van der Waals surface area contributed by atoms with Gasteiger partial charge in [0.2, 0.25) is 0 Å². The van der Waals surface area contributed by atoms with Gasteiger partial charge in [-0.2, -0.15) is 0 Å². The molecule has 4 heteroatoms. The molecule has 0 aromatic heterocycles. The topological polar surface area (TPSA) is 58.6 Å². The van der Waals surface area contributed by atoms with Crippen molar-refractivity contribution in [3.8, 4) is 0 Å². The molecule has 0 aromatic rings. The van der Waals surface area contributed by atoms with E-state index in [0.29, 0.717) is 25.6 Å². The predicted molar refractivity (Wildman–Crippen MR) is 59.9 cm³/mol. The van der Waals surface area contributed by atoms with Crippen molar-refractivity contribution in [3.63, 3.8) is 0 Å². The van der Waals surface area contributed by atoms with Crippen molar-refractivity contribution in [1.29, 1.82) is 0 Å². The molecule has 0 heterocycles. The van der Waals surface area contributed by atoms with Crippen LogP contribution in [0.25, 0.3) is 0 Å². The maximum absolute atomic E-state index is 10.8. The average Bonchev–Trinajstić information content (AvgIpc) is 2.10. The van der Waals surface area contributed by atoms with Gasteiger partial charge in [-0.25, -0.2) is 0 Å². The first-order chi connectivity index (χ1) is 6.86. The highest BCUT2D eigenvalue weighted by molar-refractivity contribution is 5.73. The van der Waals surface area contributed by atoms with E-state index in [2.05, 4.69) is 19.2 Å². The fourth-order valence-electron chi connectivity index (χ4n) is 0.940. The van der Waals surface area contributed by atoms with Gasteiger partial charge in [0, 0.05) is 19.7 Å². The fraction of sp³-hybridized carbons (Fsp3) is 0.909. The van der Waals surface area contributed by atoms with Crippen LogP contribution >= 0.6 is 0 Å². The molecule has 2 N–H and O–H groups in total. The third kappa shape index (κ3) is 7.33. The van der Waals surface area contributed by atoms with Crippen molar-refractivity contribution in [2.45, 2.75) is 27.7 Å². The Morgan fingerprint density at radius 2 is 2.07 bits per heavy atom. The summed E-state index contributed by atoms with van der Waals surface area (Å²) in [6.07, 6.45) is 0. The molecule has 0 aliphatic carbocycles. The lowest BCUT2D eigenvalue weighted by atomic mass is 9.94. The number of rotatable bonds is 8. The molecule has 0 rings (SSSR count). The minimum Gasteiger partial charge on any atom is -0.481 e. The number of hydrogen-bond donors (Lipinski definition) is 2. The molecule has 0 aliphatic rings. The van der Waals surface area contributed by atoms with Crippen LogP contribution in [0.4, 0.5) is 0 Å². The standard InChI is InChI=1S/C11H23NO3/c1-9(2)7-15-6-5-12-8-11(3,4)10(13)14/h9,12H,5-8H2,1-4H3,(H,13,14). The van der Waals surface area contributed by atoms with E-state index in [1.807, 2.05) is 0 Å². The van der Waals surface area contributed by atoms with E-state index >= 15 is 0 Å². The van der Waals surface area contributed by atoms with Gasteiger partial charge in [0.15, 0.2) is 0 Å². The number of hydrogen-bond acceptors (Lipinski definition) is 3. The molecule has 0 spiro atoms. The summed E-state index contributed by atoms with van der Waals surface area (Å²) in [6, 6.07) is 0. The number of carboxylic acids is 1. The summed E-state index contributed by atoms with van der Waals surface area (Å²) in [6.45, 7) is 10.2. The van der Waals surface area contributed by atoms with Gasteiger partial charge < -0.3 is 15.2 Å². The van der Waals surface area contributed by atoms with Gasteiger partial charge in [0.05, 0.1) is 12.0 Å². The highest BCUT2D eigenvalue weighted by Gasteiger charge is 2.26. The first kappa shape index (κ1) is 14.4. The van der Waals surface area contributed by atoms with Gasteiger partial charge in [-0.1, -0.05) is 13.8 Å². The molecule has 4 nitrogen and oxygen atoms in total. The lowest BCUT2D eigenvalue weighted by Crippen LogP contribution is -2.37. The van der Waals surface area contributed by atoms with E-state index in [4.69, 9.17) is 9.84 Å². The maximum atomic E-state index is 10.8. The Balaban J connectivity index is 3.43.